The van der Waals surface area contributed by atoms with Crippen LogP contribution in [0, 0.1) is 5.82 Å². The Hall–Kier alpha value is -4.64. The molecule has 35 heavy (non-hydrogen) atoms. The summed E-state index contributed by atoms with van der Waals surface area (Å²) in [5.41, 5.74) is 5.40. The fraction of sp³-hybridized carbons (Fsp3) is 0.0435. The monoisotopic (exact) mass is 493 g/mol. The third-order valence-electron chi connectivity index (χ3n) is 4.61. The topological polar surface area (TPSA) is 138 Å². The average Bonchev–Trinajstić information content (AvgIpc) is 2.85. The van der Waals surface area contributed by atoms with Gasteiger partial charge in [0, 0.05) is 24.0 Å². The second-order valence-electron chi connectivity index (χ2n) is 7.06. The fourth-order valence-electron chi connectivity index (χ4n) is 2.97. The van der Waals surface area contributed by atoms with E-state index in [1.165, 1.54) is 59.8 Å². The molecule has 3 N–H and O–H groups in total. The largest absolute Gasteiger partial charge is 0.422 e. The van der Waals surface area contributed by atoms with E-state index < -0.39 is 17.2 Å². The highest BCUT2D eigenvalue weighted by Gasteiger charge is 2.18. The third-order valence-corrected chi connectivity index (χ3v) is 4.99. The van der Waals surface area contributed by atoms with Crippen LogP contribution in [0.25, 0.3) is 11.3 Å². The van der Waals surface area contributed by atoms with Crippen LogP contribution in [0.3, 0.4) is 0 Å². The molecule has 0 saturated heterocycles. The maximum atomic E-state index is 13.3. The number of hydrogen-bond acceptors (Lipinski definition) is 8. The van der Waals surface area contributed by atoms with Crippen LogP contribution in [-0.2, 0) is 6.54 Å². The smallest absolute Gasteiger partial charge is 0.322 e. The first-order valence-corrected chi connectivity index (χ1v) is 10.4. The molecule has 0 unspecified atom stereocenters. The quantitative estimate of drug-likeness (QED) is 0.372. The van der Waals surface area contributed by atoms with Crippen LogP contribution in [0.15, 0.2) is 72.6 Å². The summed E-state index contributed by atoms with van der Waals surface area (Å²) < 4.78 is 20.2. The van der Waals surface area contributed by atoms with E-state index in [2.05, 4.69) is 31.9 Å². The number of amides is 1. The normalized spacial score (nSPS) is 10.6. The maximum absolute atomic E-state index is 13.3. The van der Waals surface area contributed by atoms with Crippen molar-refractivity contribution in [1.82, 2.24) is 24.7 Å². The maximum Gasteiger partial charge on any atom is 0.322 e. The number of anilines is 2. The zero-order valence-corrected chi connectivity index (χ0v) is 18.7. The van der Waals surface area contributed by atoms with E-state index in [9.17, 15) is 14.0 Å². The molecule has 3 heterocycles. The Kier molecular flexibility index (Phi) is 6.78. The molecule has 0 atom stereocenters. The number of ether oxygens (including phenoxy) is 1. The van der Waals surface area contributed by atoms with Gasteiger partial charge in [-0.15, -0.1) is 6.58 Å². The fourth-order valence-corrected chi connectivity index (χ4v) is 3.12. The van der Waals surface area contributed by atoms with Gasteiger partial charge in [0.1, 0.15) is 27.9 Å². The van der Waals surface area contributed by atoms with Crippen molar-refractivity contribution in [3.63, 3.8) is 0 Å². The number of carbonyl (C=O) groups is 1. The van der Waals surface area contributed by atoms with Crippen molar-refractivity contribution in [2.45, 2.75) is 6.54 Å². The highest BCUT2D eigenvalue weighted by atomic mass is 35.5. The first-order valence-electron chi connectivity index (χ1n) is 10.1. The van der Waals surface area contributed by atoms with E-state index in [0.29, 0.717) is 5.56 Å². The molecule has 4 rings (SSSR count). The van der Waals surface area contributed by atoms with Crippen LogP contribution in [-0.4, -0.2) is 30.6 Å². The average molecular weight is 494 g/mol. The molecule has 0 spiro atoms. The number of nitrogens with zero attached hydrogens (tertiary/aromatic N) is 5. The molecule has 0 saturated carbocycles. The van der Waals surface area contributed by atoms with Gasteiger partial charge in [0.15, 0.2) is 5.75 Å². The zero-order chi connectivity index (χ0) is 24.9. The van der Waals surface area contributed by atoms with Crippen molar-refractivity contribution in [2.24, 2.45) is 0 Å². The van der Waals surface area contributed by atoms with Crippen LogP contribution in [0.1, 0.15) is 10.4 Å². The molecule has 0 radical (unpaired) electrons. The van der Waals surface area contributed by atoms with E-state index in [4.69, 9.17) is 22.1 Å². The number of nitrogens with two attached hydrogens (primary N) is 1. The van der Waals surface area contributed by atoms with E-state index in [-0.39, 0.29) is 46.1 Å². The van der Waals surface area contributed by atoms with E-state index in [1.807, 2.05) is 0 Å². The minimum absolute atomic E-state index is 0.00648. The lowest BCUT2D eigenvalue weighted by Gasteiger charge is -2.10. The molecule has 176 valence electrons. The van der Waals surface area contributed by atoms with Crippen LogP contribution in [0.4, 0.5) is 15.9 Å². The molecule has 3 aromatic heterocycles. The highest BCUT2D eigenvalue weighted by molar-refractivity contribution is 6.34. The SMILES string of the molecule is C=CCn1cc(C(=O)Nc2cnc(Oc3ccnc(N)c3Cl)nc2)c(=O)c(-c2ccc(F)cc2)n1. The molecule has 0 bridgehead atoms. The van der Waals surface area contributed by atoms with Gasteiger partial charge in [-0.05, 0) is 24.3 Å². The summed E-state index contributed by atoms with van der Waals surface area (Å²) >= 11 is 6.04. The van der Waals surface area contributed by atoms with Gasteiger partial charge in [-0.25, -0.2) is 19.3 Å². The lowest BCUT2D eigenvalue weighted by atomic mass is 10.1. The predicted molar refractivity (Wildman–Crippen MR) is 128 cm³/mol. The van der Waals surface area contributed by atoms with Crippen LogP contribution in [0.2, 0.25) is 5.02 Å². The first-order chi connectivity index (χ1) is 16.9. The van der Waals surface area contributed by atoms with Gasteiger partial charge in [0.05, 0.1) is 24.6 Å². The number of allylic oxidation sites excluding steroid dienone is 1. The lowest BCUT2D eigenvalue weighted by molar-refractivity contribution is 0.102. The molecule has 1 amide bonds. The number of hydrogen-bond donors (Lipinski definition) is 2. The van der Waals surface area contributed by atoms with Gasteiger partial charge in [-0.2, -0.15) is 5.10 Å². The molecule has 1 aromatic carbocycles. The molecule has 0 aliphatic carbocycles. The summed E-state index contributed by atoms with van der Waals surface area (Å²) in [4.78, 5) is 37.8. The summed E-state index contributed by atoms with van der Waals surface area (Å²) in [7, 11) is 0. The molecule has 0 aliphatic heterocycles. The second kappa shape index (κ2) is 10.1. The van der Waals surface area contributed by atoms with E-state index in [0.717, 1.165) is 0 Å². The van der Waals surface area contributed by atoms with Crippen molar-refractivity contribution >= 4 is 29.0 Å². The second-order valence-corrected chi connectivity index (χ2v) is 7.43. The predicted octanol–water partition coefficient (Wildman–Crippen LogP) is 3.70. The molecule has 0 aliphatic rings. The lowest BCUT2D eigenvalue weighted by Crippen LogP contribution is -2.26. The Morgan fingerprint density at radius 2 is 1.91 bits per heavy atom. The standard InChI is InChI=1S/C23H17ClFN7O3/c1-2-9-32-12-16(20(33)19(31-32)13-3-5-14(25)6-4-13)22(34)30-15-10-28-23(29-11-15)35-17-7-8-27-21(26)18(17)24/h2-8,10-12H,1,9H2,(H2,26,27)(H,30,34). The molecule has 12 heteroatoms. The van der Waals surface area contributed by atoms with Crippen molar-refractivity contribution in [3.05, 3.63) is 94.4 Å². The summed E-state index contributed by atoms with van der Waals surface area (Å²) in [6, 6.07) is 6.67. The van der Waals surface area contributed by atoms with E-state index in [1.54, 1.807) is 6.08 Å². The molecular weight excluding hydrogens is 477 g/mol. The van der Waals surface area contributed by atoms with Gasteiger partial charge in [0.25, 0.3) is 5.91 Å². The van der Waals surface area contributed by atoms with Gasteiger partial charge in [-0.1, -0.05) is 17.7 Å². The molecule has 0 fully saturated rings. The number of aromatic nitrogens is 5. The van der Waals surface area contributed by atoms with Crippen molar-refractivity contribution in [3.8, 4) is 23.0 Å². The Bertz CT molecular complexity index is 1460. The number of carbonyl (C=O) groups excluding carboxylic acids is 1. The molecule has 10 nitrogen and oxygen atoms in total. The number of nitrogen functional groups attached to an aromatic ring is 1. The Labute approximate surface area is 202 Å². The Balaban J connectivity index is 1.58. The van der Waals surface area contributed by atoms with Gasteiger partial charge >= 0.3 is 6.01 Å². The Morgan fingerprint density at radius 1 is 1.20 bits per heavy atom. The van der Waals surface area contributed by atoms with Crippen molar-refractivity contribution in [1.29, 1.82) is 0 Å². The molecule has 4 aromatic rings. The number of halogens is 2. The minimum atomic E-state index is -0.708. The number of nitrogens with one attached hydrogen (secondary N) is 1. The van der Waals surface area contributed by atoms with Crippen LogP contribution in [0.5, 0.6) is 11.8 Å². The van der Waals surface area contributed by atoms with Crippen LogP contribution >= 0.6 is 11.6 Å². The highest BCUT2D eigenvalue weighted by Crippen LogP contribution is 2.30. The van der Waals surface area contributed by atoms with Gasteiger partial charge in [0.2, 0.25) is 5.43 Å². The van der Waals surface area contributed by atoms with Gasteiger partial charge in [-0.3, -0.25) is 14.3 Å². The van der Waals surface area contributed by atoms with Crippen molar-refractivity contribution in [2.75, 3.05) is 11.1 Å². The first kappa shape index (κ1) is 23.5. The van der Waals surface area contributed by atoms with E-state index >= 15 is 0 Å². The number of pyridine rings is 1. The summed E-state index contributed by atoms with van der Waals surface area (Å²) in [6.45, 7) is 3.89. The third kappa shape index (κ3) is 5.31. The van der Waals surface area contributed by atoms with Crippen LogP contribution < -0.4 is 21.2 Å². The number of rotatable bonds is 7. The summed E-state index contributed by atoms with van der Waals surface area (Å²) in [5.74, 6) is -0.867. The Morgan fingerprint density at radius 3 is 2.60 bits per heavy atom. The summed E-state index contributed by atoms with van der Waals surface area (Å²) in [6.07, 6.45) is 6.87. The summed E-state index contributed by atoms with van der Waals surface area (Å²) in [5, 5.41) is 6.92. The van der Waals surface area contributed by atoms with Crippen molar-refractivity contribution < 1.29 is 13.9 Å². The minimum Gasteiger partial charge on any atom is -0.422 e. The number of benzene rings is 1. The molecular formula is C23H17ClFN7O3. The zero-order valence-electron chi connectivity index (χ0n) is 18.0. The van der Waals surface area contributed by atoms with Gasteiger partial charge < -0.3 is 15.8 Å².